The van der Waals surface area contributed by atoms with Crippen LogP contribution in [0, 0.1) is 0 Å². The fourth-order valence-electron chi connectivity index (χ4n) is 2.86. The van der Waals surface area contributed by atoms with Crippen molar-refractivity contribution in [2.45, 2.75) is 66.8 Å². The van der Waals surface area contributed by atoms with Gasteiger partial charge in [-0.2, -0.15) is 0 Å². The van der Waals surface area contributed by atoms with Crippen molar-refractivity contribution in [3.8, 4) is 0 Å². The van der Waals surface area contributed by atoms with E-state index in [0.29, 0.717) is 25.0 Å². The van der Waals surface area contributed by atoms with Gasteiger partial charge in [-0.25, -0.2) is 0 Å². The van der Waals surface area contributed by atoms with Crippen LogP contribution in [0.25, 0.3) is 0 Å². The van der Waals surface area contributed by atoms with Gasteiger partial charge in [0.05, 0.1) is 0 Å². The molecule has 0 radical (unpaired) electrons. The fraction of sp³-hybridized carbons (Fsp3) is 0.550. The molecule has 5 nitrogen and oxygen atoms in total. The fourth-order valence-corrected chi connectivity index (χ4v) is 2.86. The van der Waals surface area contributed by atoms with Crippen LogP contribution in [0.3, 0.4) is 0 Å². The highest BCUT2D eigenvalue weighted by Crippen LogP contribution is 2.29. The van der Waals surface area contributed by atoms with Crippen molar-refractivity contribution >= 4 is 17.7 Å². The predicted octanol–water partition coefficient (Wildman–Crippen LogP) is 3.53. The van der Waals surface area contributed by atoms with E-state index in [9.17, 15) is 14.4 Å². The number of piperidine rings is 2. The number of carbonyl (C=O) groups excluding carboxylic acids is 3. The van der Waals surface area contributed by atoms with Crippen molar-refractivity contribution in [2.75, 3.05) is 6.54 Å². The van der Waals surface area contributed by atoms with E-state index in [2.05, 4.69) is 11.9 Å². The lowest BCUT2D eigenvalue weighted by molar-refractivity contribution is -0.144. The van der Waals surface area contributed by atoms with Gasteiger partial charge >= 0.3 is 0 Å². The number of nitrogens with one attached hydrogen (secondary N) is 1. The van der Waals surface area contributed by atoms with E-state index in [0.717, 1.165) is 11.1 Å². The molecular formula is C20H32N2O3. The number of imide groups is 1. The maximum Gasteiger partial charge on any atom is 0.254 e. The first kappa shape index (κ1) is 22.8. The van der Waals surface area contributed by atoms with Crippen LogP contribution in [0.5, 0.6) is 0 Å². The molecule has 0 saturated carbocycles. The van der Waals surface area contributed by atoms with Crippen molar-refractivity contribution in [1.82, 2.24) is 10.2 Å². The molecule has 0 aromatic heterocycles. The Morgan fingerprint density at radius 1 is 1.16 bits per heavy atom. The van der Waals surface area contributed by atoms with Crippen LogP contribution in [0.2, 0.25) is 0 Å². The predicted molar refractivity (Wildman–Crippen MR) is 102 cm³/mol. The molecular weight excluding hydrogens is 316 g/mol. The number of likely N-dealkylation sites (tertiary alicyclic amines) is 1. The Balaban J connectivity index is 0.00000134. The lowest BCUT2D eigenvalue weighted by Crippen LogP contribution is -2.56. The van der Waals surface area contributed by atoms with Crippen molar-refractivity contribution in [3.63, 3.8) is 0 Å². The van der Waals surface area contributed by atoms with Gasteiger partial charge in [0.2, 0.25) is 11.8 Å². The Morgan fingerprint density at radius 2 is 1.76 bits per heavy atom. The first-order valence-electron chi connectivity index (χ1n) is 9.13. The maximum atomic E-state index is 12.6. The average molecular weight is 348 g/mol. The second-order valence-corrected chi connectivity index (χ2v) is 5.28. The summed E-state index contributed by atoms with van der Waals surface area (Å²) < 4.78 is 0. The molecule has 0 spiro atoms. The summed E-state index contributed by atoms with van der Waals surface area (Å²) in [6.45, 7) is 16.0. The second kappa shape index (κ2) is 11.4. The van der Waals surface area contributed by atoms with Crippen LogP contribution in [0.4, 0.5) is 0 Å². The highest BCUT2D eigenvalue weighted by Gasteiger charge is 2.38. The van der Waals surface area contributed by atoms with Gasteiger partial charge in [-0.15, -0.1) is 0 Å². The molecule has 2 aliphatic rings. The van der Waals surface area contributed by atoms with Gasteiger partial charge in [-0.3, -0.25) is 19.7 Å². The summed E-state index contributed by atoms with van der Waals surface area (Å²) in [5, 5.41) is 2.31. The molecule has 0 aliphatic carbocycles. The topological polar surface area (TPSA) is 66.5 Å². The van der Waals surface area contributed by atoms with E-state index in [4.69, 9.17) is 0 Å². The number of hydrogen-bond donors (Lipinski definition) is 1. The molecule has 2 fully saturated rings. The zero-order chi connectivity index (χ0) is 19.6. The molecule has 1 unspecified atom stereocenters. The molecule has 0 bridgehead atoms. The van der Waals surface area contributed by atoms with Crippen LogP contribution >= 0.6 is 0 Å². The summed E-state index contributed by atoms with van der Waals surface area (Å²) in [5.41, 5.74) is 2.60. The molecule has 25 heavy (non-hydrogen) atoms. The molecule has 140 valence electrons. The minimum absolute atomic E-state index is 0.144. The Labute approximate surface area is 151 Å². The Hall–Kier alpha value is -2.17. The summed E-state index contributed by atoms with van der Waals surface area (Å²) in [7, 11) is 0. The molecule has 5 heteroatoms. The first-order valence-corrected chi connectivity index (χ1v) is 9.13. The third-order valence-electron chi connectivity index (χ3n) is 4.08. The number of carbonyl (C=O) groups is 3. The Kier molecular flexibility index (Phi) is 10.4. The van der Waals surface area contributed by atoms with Crippen molar-refractivity contribution in [2.24, 2.45) is 0 Å². The number of nitrogens with zero attached hydrogens (tertiary/aromatic N) is 1. The molecule has 1 atom stereocenters. The van der Waals surface area contributed by atoms with Gasteiger partial charge in [-0.1, -0.05) is 46.4 Å². The van der Waals surface area contributed by atoms with Crippen LogP contribution in [0.1, 0.15) is 60.8 Å². The highest BCUT2D eigenvalue weighted by atomic mass is 16.2. The van der Waals surface area contributed by atoms with Crippen LogP contribution in [-0.2, 0) is 14.4 Å². The van der Waals surface area contributed by atoms with Crippen LogP contribution in [0.15, 0.2) is 35.5 Å². The lowest BCUT2D eigenvalue weighted by Gasteiger charge is -2.37. The van der Waals surface area contributed by atoms with E-state index in [-0.39, 0.29) is 24.1 Å². The Morgan fingerprint density at radius 3 is 2.24 bits per heavy atom. The van der Waals surface area contributed by atoms with Gasteiger partial charge in [-0.05, 0) is 37.8 Å². The SMILES string of the molecule is C=C/C(C)=C1/CCN(C2CCC(=O)NC2=O)C(=O)/C1=C/C.CC.CC. The minimum atomic E-state index is -0.546. The highest BCUT2D eigenvalue weighted by molar-refractivity contribution is 6.05. The lowest BCUT2D eigenvalue weighted by atomic mass is 9.90. The largest absolute Gasteiger partial charge is 0.326 e. The van der Waals surface area contributed by atoms with Gasteiger partial charge in [0.25, 0.3) is 5.91 Å². The van der Waals surface area contributed by atoms with E-state index >= 15 is 0 Å². The third kappa shape index (κ3) is 5.41. The number of hydrogen-bond acceptors (Lipinski definition) is 3. The summed E-state index contributed by atoms with van der Waals surface area (Å²) in [6.07, 6.45) is 4.89. The third-order valence-corrected chi connectivity index (χ3v) is 4.08. The van der Waals surface area contributed by atoms with E-state index in [1.807, 2.05) is 41.5 Å². The van der Waals surface area contributed by atoms with E-state index in [1.165, 1.54) is 0 Å². The van der Waals surface area contributed by atoms with Gasteiger partial charge < -0.3 is 4.90 Å². The summed E-state index contributed by atoms with van der Waals surface area (Å²) in [6, 6.07) is -0.546. The zero-order valence-electron chi connectivity index (χ0n) is 16.4. The normalized spacial score (nSPS) is 23.8. The molecule has 0 aromatic rings. The quantitative estimate of drug-likeness (QED) is 0.613. The van der Waals surface area contributed by atoms with Crippen molar-refractivity contribution in [3.05, 3.63) is 35.5 Å². The average Bonchev–Trinajstić information content (AvgIpc) is 2.64. The summed E-state index contributed by atoms with van der Waals surface area (Å²) >= 11 is 0. The Bertz CT molecular complexity index is 573. The number of allylic oxidation sites excluding steroid dienone is 3. The maximum absolute atomic E-state index is 12.6. The van der Waals surface area contributed by atoms with E-state index in [1.54, 1.807) is 17.1 Å². The molecule has 2 heterocycles. The number of rotatable bonds is 2. The molecule has 2 rings (SSSR count). The molecule has 2 saturated heterocycles. The molecule has 1 N–H and O–H groups in total. The van der Waals surface area contributed by atoms with Gasteiger partial charge in [0, 0.05) is 18.5 Å². The van der Waals surface area contributed by atoms with E-state index < -0.39 is 6.04 Å². The van der Waals surface area contributed by atoms with Gasteiger partial charge in [0.1, 0.15) is 6.04 Å². The van der Waals surface area contributed by atoms with Crippen LogP contribution in [-0.4, -0.2) is 35.2 Å². The number of amides is 3. The summed E-state index contributed by atoms with van der Waals surface area (Å²) in [5.74, 6) is -0.785. The molecule has 0 aromatic carbocycles. The zero-order valence-corrected chi connectivity index (χ0v) is 16.4. The minimum Gasteiger partial charge on any atom is -0.326 e. The first-order chi connectivity index (χ1) is 12.0. The molecule has 2 aliphatic heterocycles. The van der Waals surface area contributed by atoms with Crippen LogP contribution < -0.4 is 5.32 Å². The monoisotopic (exact) mass is 348 g/mol. The smallest absolute Gasteiger partial charge is 0.254 e. The van der Waals surface area contributed by atoms with Crippen molar-refractivity contribution < 1.29 is 14.4 Å². The van der Waals surface area contributed by atoms with Crippen molar-refractivity contribution in [1.29, 1.82) is 0 Å². The summed E-state index contributed by atoms with van der Waals surface area (Å²) in [4.78, 5) is 37.4. The molecule has 3 amide bonds. The van der Waals surface area contributed by atoms with Gasteiger partial charge in [0.15, 0.2) is 0 Å². The standard InChI is InChI=1S/C16H20N2O3.2C2H6/c1-4-10(3)12-8-9-18(16(21)11(12)5-2)13-6-7-14(19)17-15(13)20;2*1-2/h4-5,13H,1,6-9H2,2-3H3,(H,17,19,20);2*1-2H3/b11-5+,12-10-;;. The second-order valence-electron chi connectivity index (χ2n) is 5.28.